The molecule has 0 radical (unpaired) electrons. The van der Waals surface area contributed by atoms with Gasteiger partial charge in [0.2, 0.25) is 0 Å². The summed E-state index contributed by atoms with van der Waals surface area (Å²) in [4.78, 5) is 5.02. The zero-order valence-corrected chi connectivity index (χ0v) is 39.7. The van der Waals surface area contributed by atoms with Crippen molar-refractivity contribution in [3.63, 3.8) is 0 Å². The Morgan fingerprint density at radius 3 is 1.20 bits per heavy atom. The van der Waals surface area contributed by atoms with Gasteiger partial charge in [-0.05, 0) is 0 Å². The molecular weight excluding hydrogens is 954 g/mol. The number of furan rings is 2. The third-order valence-electron chi connectivity index (χ3n) is 14.5. The van der Waals surface area contributed by atoms with Gasteiger partial charge in [0.25, 0.3) is 0 Å². The van der Waals surface area contributed by atoms with Crippen LogP contribution in [0.1, 0.15) is 5.56 Å². The first kappa shape index (κ1) is 37.8. The molecule has 3 aliphatic heterocycles. The second kappa shape index (κ2) is 13.9. The van der Waals surface area contributed by atoms with Crippen LogP contribution in [0, 0.1) is 6.92 Å². The van der Waals surface area contributed by atoms with Gasteiger partial charge < -0.3 is 0 Å². The van der Waals surface area contributed by atoms with Crippen LogP contribution in [0.15, 0.2) is 215 Å². The summed E-state index contributed by atoms with van der Waals surface area (Å²) in [7, 11) is 0. The summed E-state index contributed by atoms with van der Waals surface area (Å²) < 4.78 is 24.7. The molecule has 0 saturated carbocycles. The molecule has 322 valence electrons. The van der Waals surface area contributed by atoms with Gasteiger partial charge in [0, 0.05) is 0 Å². The summed E-state index contributed by atoms with van der Waals surface area (Å²) in [5.41, 5.74) is 16.4. The number of benzene rings is 11. The summed E-state index contributed by atoms with van der Waals surface area (Å²) in [6.45, 7) is 2.25. The first-order valence-corrected chi connectivity index (χ1v) is 27.3. The molecule has 3 aliphatic rings. The minimum atomic E-state index is -2.89. The third-order valence-corrected chi connectivity index (χ3v) is 22.3. The van der Waals surface area contributed by atoms with Crippen LogP contribution in [0.5, 0.6) is 11.5 Å². The van der Waals surface area contributed by atoms with E-state index in [4.69, 9.17) is 13.6 Å². The normalized spacial score (nSPS) is 13.6. The van der Waals surface area contributed by atoms with E-state index in [1.807, 2.05) is 0 Å². The predicted molar refractivity (Wildman–Crippen MR) is 286 cm³/mol. The second-order valence-corrected chi connectivity index (χ2v) is 24.4. The van der Waals surface area contributed by atoms with Crippen molar-refractivity contribution in [1.29, 1.82) is 0 Å². The first-order valence-electron chi connectivity index (χ1n) is 23.5. The van der Waals surface area contributed by atoms with Gasteiger partial charge in [-0.15, -0.1) is 0 Å². The van der Waals surface area contributed by atoms with Gasteiger partial charge in [0.1, 0.15) is 0 Å². The number of para-hydroxylation sites is 2. The Balaban J connectivity index is 0.953. The molecule has 0 unspecified atom stereocenters. The monoisotopic (exact) mass is 990 g/mol. The van der Waals surface area contributed by atoms with Gasteiger partial charge >= 0.3 is 394 Å². The average molecular weight is 992 g/mol. The van der Waals surface area contributed by atoms with E-state index in [2.05, 4.69) is 223 Å². The van der Waals surface area contributed by atoms with Crippen molar-refractivity contribution < 1.29 is 13.6 Å². The van der Waals surface area contributed by atoms with Crippen molar-refractivity contribution in [3.8, 4) is 33.8 Å². The molecule has 2 aromatic heterocycles. The molecular formula is C63H37N2O3Sb. The molecule has 5 nitrogen and oxygen atoms in total. The van der Waals surface area contributed by atoms with E-state index in [-0.39, 0.29) is 0 Å². The van der Waals surface area contributed by atoms with Crippen LogP contribution in [0.25, 0.3) is 87.7 Å². The van der Waals surface area contributed by atoms with Crippen molar-refractivity contribution >= 4 is 130 Å². The Bertz CT molecular complexity index is 4110. The molecule has 0 N–H and O–H groups in total. The van der Waals surface area contributed by atoms with E-state index >= 15 is 0 Å². The number of ether oxygens (including phenoxy) is 1. The molecule has 11 aromatic carbocycles. The van der Waals surface area contributed by atoms with Crippen molar-refractivity contribution in [3.05, 3.63) is 212 Å². The molecule has 13 aromatic rings. The molecule has 0 saturated heterocycles. The number of rotatable bonds is 4. The molecule has 0 bridgehead atoms. The summed E-state index contributed by atoms with van der Waals surface area (Å²) >= 11 is -2.89. The Kier molecular flexibility index (Phi) is 7.62. The Hall–Kier alpha value is -8.24. The van der Waals surface area contributed by atoms with Gasteiger partial charge in [-0.25, -0.2) is 0 Å². The third kappa shape index (κ3) is 5.42. The van der Waals surface area contributed by atoms with Gasteiger partial charge in [-0.2, -0.15) is 0 Å². The SMILES string of the molecule is Cc1cc2[c]3c(c1)N(c1ccccc1)c1cc(-c4ccc5oc6cc7ccccc7cc6c5c4)cc4[c]1[Sb]3[c]1c(cc(-c3ccc5oc6cc7ccccc7cc6c5c3)cc1N2c1ccccc1)O4. The molecule has 0 amide bonds. The minimum absolute atomic E-state index is 0.881. The van der Waals surface area contributed by atoms with Crippen LogP contribution >= 0.6 is 0 Å². The van der Waals surface area contributed by atoms with Crippen molar-refractivity contribution in [2.75, 3.05) is 9.80 Å². The van der Waals surface area contributed by atoms with Gasteiger partial charge in [0.05, 0.1) is 0 Å². The number of hydrogen-bond donors (Lipinski definition) is 0. The van der Waals surface area contributed by atoms with Crippen molar-refractivity contribution in [1.82, 2.24) is 0 Å². The second-order valence-electron chi connectivity index (χ2n) is 18.6. The molecule has 5 heterocycles. The molecule has 0 fully saturated rings. The molecule has 0 spiro atoms. The number of anilines is 6. The summed E-state index contributed by atoms with van der Waals surface area (Å²) in [5, 5.41) is 9.19. The maximum absolute atomic E-state index is 7.50. The van der Waals surface area contributed by atoms with E-state index in [0.717, 1.165) is 89.0 Å². The zero-order valence-electron chi connectivity index (χ0n) is 37.2. The van der Waals surface area contributed by atoms with E-state index in [1.54, 1.807) is 0 Å². The van der Waals surface area contributed by atoms with Crippen LogP contribution in [0.4, 0.5) is 34.1 Å². The Morgan fingerprint density at radius 2 is 0.739 bits per heavy atom. The molecule has 0 atom stereocenters. The van der Waals surface area contributed by atoms with Crippen LogP contribution < -0.4 is 25.1 Å². The van der Waals surface area contributed by atoms with Crippen LogP contribution in [-0.2, 0) is 0 Å². The van der Waals surface area contributed by atoms with Gasteiger partial charge in [-0.3, -0.25) is 0 Å². The van der Waals surface area contributed by atoms with Crippen molar-refractivity contribution in [2.45, 2.75) is 6.92 Å². The maximum atomic E-state index is 7.50. The topological polar surface area (TPSA) is 42.0 Å². The average Bonchev–Trinajstić information content (AvgIpc) is 3.93. The summed E-state index contributed by atoms with van der Waals surface area (Å²) in [6, 6.07) is 75.3. The first-order chi connectivity index (χ1) is 34.1. The number of fused-ring (bicyclic) bond motifs is 8. The van der Waals surface area contributed by atoms with Crippen LogP contribution in [0.2, 0.25) is 0 Å². The Labute approximate surface area is 403 Å². The van der Waals surface area contributed by atoms with E-state index < -0.39 is 20.2 Å². The Morgan fingerprint density at radius 1 is 0.333 bits per heavy atom. The number of aryl methyl sites for hydroxylation is 1. The summed E-state index contributed by atoms with van der Waals surface area (Å²) in [5.74, 6) is 1.89. The van der Waals surface area contributed by atoms with Gasteiger partial charge in [-0.1, -0.05) is 12.1 Å². The molecule has 69 heavy (non-hydrogen) atoms. The molecule has 6 heteroatoms. The van der Waals surface area contributed by atoms with Crippen LogP contribution in [0.3, 0.4) is 0 Å². The number of hydrogen-bond acceptors (Lipinski definition) is 5. The fraction of sp³-hybridized carbons (Fsp3) is 0.0159. The van der Waals surface area contributed by atoms with E-state index in [9.17, 15) is 0 Å². The van der Waals surface area contributed by atoms with Gasteiger partial charge in [0.15, 0.2) is 0 Å². The molecule has 0 aliphatic carbocycles. The number of nitrogens with zero attached hydrogens (tertiary/aromatic N) is 2. The fourth-order valence-corrected chi connectivity index (χ4v) is 19.8. The predicted octanol–water partition coefficient (Wildman–Crippen LogP) is 15.6. The van der Waals surface area contributed by atoms with Crippen molar-refractivity contribution in [2.24, 2.45) is 0 Å². The fourth-order valence-electron chi connectivity index (χ4n) is 11.5. The zero-order chi connectivity index (χ0) is 45.1. The van der Waals surface area contributed by atoms with Crippen LogP contribution in [-0.4, -0.2) is 20.2 Å². The summed E-state index contributed by atoms with van der Waals surface area (Å²) in [6.07, 6.45) is 0. The van der Waals surface area contributed by atoms with E-state index in [0.29, 0.717) is 0 Å². The van der Waals surface area contributed by atoms with E-state index in [1.165, 1.54) is 60.4 Å². The standard InChI is InChI=1S/C63H37N2O3.Sb/c1-39-24-50-36-51(25-39)65(49-18-6-3-7-19-49)53-27-47(45-21-23-61-57(33-45)59-31-41-13-9-11-15-43(41)35-63(59)68-61)29-55(38-53)66-54-28-46(26-52(37-54)64(50)48-16-4-2-5-17-48)44-20-22-60-56(32-44)58-30-40-12-8-10-14-42(40)34-62(58)67-60;/h2-35H,1H3;. The molecule has 16 rings (SSSR count). The quantitative estimate of drug-likeness (QED) is 0.164.